The van der Waals surface area contributed by atoms with Crippen molar-refractivity contribution in [3.8, 4) is 0 Å². The smallest absolute Gasteiger partial charge is 0.250 e. The number of benzene rings is 1. The summed E-state index contributed by atoms with van der Waals surface area (Å²) >= 11 is 0. The molecule has 2 aromatic heterocycles. The maximum Gasteiger partial charge on any atom is 0.250 e. The van der Waals surface area contributed by atoms with Gasteiger partial charge in [-0.3, -0.25) is 14.4 Å². The van der Waals surface area contributed by atoms with Crippen LogP contribution in [0.3, 0.4) is 0 Å². The summed E-state index contributed by atoms with van der Waals surface area (Å²) < 4.78 is 5.05. The van der Waals surface area contributed by atoms with E-state index in [1.165, 1.54) is 18.4 Å². The third-order valence-corrected chi connectivity index (χ3v) is 4.10. The Hall–Kier alpha value is -4.16. The highest BCUT2D eigenvalue weighted by atomic mass is 16.5. The SMILES string of the molecule is O=CNc1ccccc1C=C=Cc1c2c(nn1O)C(=O)c1occc1C2=O. The zero-order valence-corrected chi connectivity index (χ0v) is 13.7. The number of rotatable bonds is 4. The molecule has 0 radical (unpaired) electrons. The summed E-state index contributed by atoms with van der Waals surface area (Å²) in [5.74, 6) is -1.13. The second kappa shape index (κ2) is 6.29. The molecule has 0 fully saturated rings. The maximum atomic E-state index is 12.6. The van der Waals surface area contributed by atoms with Crippen LogP contribution >= 0.6 is 0 Å². The Kier molecular flexibility index (Phi) is 3.80. The third-order valence-electron chi connectivity index (χ3n) is 4.10. The zero-order valence-electron chi connectivity index (χ0n) is 13.7. The fourth-order valence-corrected chi connectivity index (χ4v) is 2.87. The zero-order chi connectivity index (χ0) is 19.0. The number of carbonyl (C=O) groups is 3. The van der Waals surface area contributed by atoms with Crippen LogP contribution in [-0.2, 0) is 4.79 Å². The fourth-order valence-electron chi connectivity index (χ4n) is 2.87. The molecule has 2 heterocycles. The number of aromatic nitrogens is 2. The molecular formula is C19H11N3O5. The van der Waals surface area contributed by atoms with Gasteiger partial charge in [-0.2, -0.15) is 0 Å². The lowest BCUT2D eigenvalue weighted by atomic mass is 9.92. The number of amides is 1. The minimum Gasteiger partial charge on any atom is -0.460 e. The first-order valence-electron chi connectivity index (χ1n) is 7.82. The summed E-state index contributed by atoms with van der Waals surface area (Å²) in [6.07, 6.45) is 4.71. The van der Waals surface area contributed by atoms with Crippen LogP contribution in [0.15, 0.2) is 46.7 Å². The molecule has 27 heavy (non-hydrogen) atoms. The van der Waals surface area contributed by atoms with Gasteiger partial charge in [0.15, 0.2) is 11.5 Å². The number of nitrogens with zero attached hydrogens (tertiary/aromatic N) is 2. The lowest BCUT2D eigenvalue weighted by Gasteiger charge is -2.07. The Morgan fingerprint density at radius 3 is 2.78 bits per heavy atom. The minimum atomic E-state index is -0.573. The summed E-state index contributed by atoms with van der Waals surface area (Å²) in [6.45, 7) is 0. The number of para-hydroxylation sites is 1. The van der Waals surface area contributed by atoms with Crippen molar-refractivity contribution in [2.75, 3.05) is 5.32 Å². The van der Waals surface area contributed by atoms with Gasteiger partial charge in [0, 0.05) is 17.3 Å². The van der Waals surface area contributed by atoms with Gasteiger partial charge in [0.1, 0.15) is 5.69 Å². The van der Waals surface area contributed by atoms with E-state index in [1.807, 2.05) is 0 Å². The van der Waals surface area contributed by atoms with Crippen LogP contribution in [0.1, 0.15) is 43.4 Å². The van der Waals surface area contributed by atoms with Crippen LogP contribution in [0.4, 0.5) is 5.69 Å². The second-order valence-electron chi connectivity index (χ2n) is 5.62. The van der Waals surface area contributed by atoms with Crippen molar-refractivity contribution in [1.82, 2.24) is 9.94 Å². The highest BCUT2D eigenvalue weighted by molar-refractivity contribution is 6.27. The lowest BCUT2D eigenvalue weighted by Crippen LogP contribution is -2.18. The van der Waals surface area contributed by atoms with E-state index in [2.05, 4.69) is 16.1 Å². The normalized spacial score (nSPS) is 12.0. The van der Waals surface area contributed by atoms with Crippen LogP contribution in [0.5, 0.6) is 0 Å². The Morgan fingerprint density at radius 1 is 1.15 bits per heavy atom. The Labute approximate surface area is 152 Å². The molecule has 3 aromatic rings. The van der Waals surface area contributed by atoms with E-state index in [9.17, 15) is 19.6 Å². The number of hydrogen-bond acceptors (Lipinski definition) is 6. The van der Waals surface area contributed by atoms with Crippen molar-refractivity contribution in [2.24, 2.45) is 0 Å². The van der Waals surface area contributed by atoms with Gasteiger partial charge in [0.2, 0.25) is 18.0 Å². The third kappa shape index (κ3) is 2.57. The molecule has 0 saturated carbocycles. The largest absolute Gasteiger partial charge is 0.460 e. The van der Waals surface area contributed by atoms with Crippen molar-refractivity contribution >= 4 is 35.8 Å². The van der Waals surface area contributed by atoms with Gasteiger partial charge in [0.25, 0.3) is 0 Å². The van der Waals surface area contributed by atoms with Crippen LogP contribution in [0.25, 0.3) is 12.2 Å². The van der Waals surface area contributed by atoms with Gasteiger partial charge in [-0.1, -0.05) is 18.2 Å². The summed E-state index contributed by atoms with van der Waals surface area (Å²) in [5.41, 5.74) is 4.02. The van der Waals surface area contributed by atoms with E-state index >= 15 is 0 Å². The molecule has 0 atom stereocenters. The van der Waals surface area contributed by atoms with Crippen LogP contribution in [0.2, 0.25) is 0 Å². The highest BCUT2D eigenvalue weighted by Crippen LogP contribution is 2.30. The van der Waals surface area contributed by atoms with E-state index in [0.29, 0.717) is 22.5 Å². The molecule has 1 aromatic carbocycles. The number of carbonyl (C=O) groups excluding carboxylic acids is 3. The van der Waals surface area contributed by atoms with Crippen LogP contribution < -0.4 is 5.32 Å². The minimum absolute atomic E-state index is 0.0170. The molecule has 1 aliphatic rings. The van der Waals surface area contributed by atoms with Gasteiger partial charge >= 0.3 is 0 Å². The standard InChI is InChI=1S/C19H11N3O5/c23-10-20-13-6-2-1-4-11(13)5-3-7-14-15-16(21-22(14)26)18(25)19-12(17(15)24)8-9-27-19/h1-2,4-10,26H,(H,20,23). The summed E-state index contributed by atoms with van der Waals surface area (Å²) in [6, 6.07) is 8.41. The molecule has 0 unspecified atom stereocenters. The molecule has 0 bridgehead atoms. The molecule has 0 spiro atoms. The highest BCUT2D eigenvalue weighted by Gasteiger charge is 2.38. The van der Waals surface area contributed by atoms with Gasteiger partial charge in [-0.25, -0.2) is 0 Å². The van der Waals surface area contributed by atoms with Crippen LogP contribution in [0, 0.1) is 0 Å². The molecule has 0 aliphatic heterocycles. The lowest BCUT2D eigenvalue weighted by molar-refractivity contribution is -0.105. The average Bonchev–Trinajstić information content (AvgIpc) is 3.27. The number of anilines is 1. The van der Waals surface area contributed by atoms with E-state index in [4.69, 9.17) is 4.42 Å². The number of furan rings is 1. The second-order valence-corrected chi connectivity index (χ2v) is 5.62. The monoisotopic (exact) mass is 361 g/mol. The number of fused-ring (bicyclic) bond motifs is 2. The number of ketones is 2. The Bertz CT molecular complexity index is 1160. The van der Waals surface area contributed by atoms with E-state index < -0.39 is 11.6 Å². The van der Waals surface area contributed by atoms with Crippen molar-refractivity contribution < 1.29 is 24.0 Å². The summed E-state index contributed by atoms with van der Waals surface area (Å²) in [7, 11) is 0. The Balaban J connectivity index is 1.78. The molecule has 0 saturated heterocycles. The molecule has 1 amide bonds. The van der Waals surface area contributed by atoms with E-state index in [-0.39, 0.29) is 28.3 Å². The van der Waals surface area contributed by atoms with Gasteiger partial charge in [-0.15, -0.1) is 15.7 Å². The molecule has 4 rings (SSSR count). The van der Waals surface area contributed by atoms with Crippen molar-refractivity contribution in [3.63, 3.8) is 0 Å². The molecule has 132 valence electrons. The summed E-state index contributed by atoms with van der Waals surface area (Å²) in [4.78, 5) is 36.1. The number of hydrogen-bond donors (Lipinski definition) is 2. The predicted octanol–water partition coefficient (Wildman–Crippen LogP) is 2.38. The van der Waals surface area contributed by atoms with Crippen molar-refractivity contribution in [1.29, 1.82) is 0 Å². The Morgan fingerprint density at radius 2 is 1.96 bits per heavy atom. The van der Waals surface area contributed by atoms with Gasteiger partial charge < -0.3 is 14.9 Å². The first kappa shape index (κ1) is 16.3. The van der Waals surface area contributed by atoms with E-state index in [1.54, 1.807) is 30.3 Å². The van der Waals surface area contributed by atoms with Gasteiger partial charge in [-0.05, 0) is 18.2 Å². The number of nitrogens with one attached hydrogen (secondary N) is 1. The predicted molar refractivity (Wildman–Crippen MR) is 93.6 cm³/mol. The fraction of sp³-hybridized carbons (Fsp3) is 0. The van der Waals surface area contributed by atoms with Crippen LogP contribution in [-0.4, -0.2) is 33.1 Å². The average molecular weight is 361 g/mol. The molecule has 1 aliphatic carbocycles. The van der Waals surface area contributed by atoms with E-state index in [0.717, 1.165) is 0 Å². The summed E-state index contributed by atoms with van der Waals surface area (Å²) in [5, 5.41) is 16.3. The first-order valence-corrected chi connectivity index (χ1v) is 7.82. The molecular weight excluding hydrogens is 350 g/mol. The molecule has 8 nitrogen and oxygen atoms in total. The van der Waals surface area contributed by atoms with Crippen molar-refractivity contribution in [3.05, 3.63) is 76.2 Å². The maximum absolute atomic E-state index is 12.6. The van der Waals surface area contributed by atoms with Gasteiger partial charge in [0.05, 0.1) is 17.4 Å². The first-order chi connectivity index (χ1) is 13.1. The molecule has 8 heteroatoms. The molecule has 2 N–H and O–H groups in total. The van der Waals surface area contributed by atoms with Crippen molar-refractivity contribution in [2.45, 2.75) is 0 Å². The topological polar surface area (TPSA) is 114 Å². The quantitative estimate of drug-likeness (QED) is 0.328.